The molecule has 1 aromatic rings. The standard InChI is InChI=1S/C15H18ClF2NO/c16-13-4-2-1-3-11(13)9-19-15(20)7-10-5-6-12(17)8-14(10)18/h5-6,8,11,13H,1-4,7,9H2,(H,19,20). The highest BCUT2D eigenvalue weighted by Gasteiger charge is 2.23. The van der Waals surface area contributed by atoms with Crippen LogP contribution in [0.1, 0.15) is 31.2 Å². The number of carbonyl (C=O) groups excluding carboxylic acids is 1. The fraction of sp³-hybridized carbons (Fsp3) is 0.533. The van der Waals surface area contributed by atoms with Crippen LogP contribution in [0.3, 0.4) is 0 Å². The van der Waals surface area contributed by atoms with E-state index in [2.05, 4.69) is 5.32 Å². The number of carbonyl (C=O) groups is 1. The van der Waals surface area contributed by atoms with Crippen LogP contribution in [-0.2, 0) is 11.2 Å². The number of amides is 1. The molecule has 2 nitrogen and oxygen atoms in total. The van der Waals surface area contributed by atoms with Crippen LogP contribution in [0.4, 0.5) is 8.78 Å². The first-order valence-electron chi connectivity index (χ1n) is 6.91. The highest BCUT2D eigenvalue weighted by molar-refractivity contribution is 6.20. The summed E-state index contributed by atoms with van der Waals surface area (Å²) in [4.78, 5) is 11.8. The van der Waals surface area contributed by atoms with Crippen molar-refractivity contribution in [3.63, 3.8) is 0 Å². The van der Waals surface area contributed by atoms with Gasteiger partial charge in [0.1, 0.15) is 11.6 Å². The second-order valence-corrected chi connectivity index (χ2v) is 5.84. The fourth-order valence-electron chi connectivity index (χ4n) is 2.54. The lowest BCUT2D eigenvalue weighted by Crippen LogP contribution is -2.35. The van der Waals surface area contributed by atoms with Crippen molar-refractivity contribution >= 4 is 17.5 Å². The van der Waals surface area contributed by atoms with Crippen LogP contribution >= 0.6 is 11.6 Å². The molecular weight excluding hydrogens is 284 g/mol. The van der Waals surface area contributed by atoms with Gasteiger partial charge in [0.05, 0.1) is 6.42 Å². The van der Waals surface area contributed by atoms with Gasteiger partial charge in [0, 0.05) is 18.0 Å². The molecule has 0 bridgehead atoms. The zero-order valence-electron chi connectivity index (χ0n) is 11.2. The number of nitrogens with one attached hydrogen (secondary N) is 1. The van der Waals surface area contributed by atoms with Crippen molar-refractivity contribution in [1.29, 1.82) is 0 Å². The summed E-state index contributed by atoms with van der Waals surface area (Å²) in [5.41, 5.74) is 0.204. The van der Waals surface area contributed by atoms with Crippen molar-refractivity contribution in [1.82, 2.24) is 5.32 Å². The zero-order chi connectivity index (χ0) is 14.5. The third-order valence-corrected chi connectivity index (χ3v) is 4.32. The predicted octanol–water partition coefficient (Wildman–Crippen LogP) is 3.42. The molecule has 0 heterocycles. The summed E-state index contributed by atoms with van der Waals surface area (Å²) in [6.45, 7) is 0.524. The first-order chi connectivity index (χ1) is 9.56. The average Bonchev–Trinajstić information content (AvgIpc) is 2.41. The summed E-state index contributed by atoms with van der Waals surface area (Å²) >= 11 is 6.22. The molecule has 1 saturated carbocycles. The van der Waals surface area contributed by atoms with Gasteiger partial charge in [-0.2, -0.15) is 0 Å². The van der Waals surface area contributed by atoms with Gasteiger partial charge in [0.2, 0.25) is 5.91 Å². The van der Waals surface area contributed by atoms with Crippen LogP contribution in [0, 0.1) is 17.6 Å². The average molecular weight is 302 g/mol. The van der Waals surface area contributed by atoms with Crippen molar-refractivity contribution in [2.75, 3.05) is 6.54 Å². The third-order valence-electron chi connectivity index (χ3n) is 3.74. The number of alkyl halides is 1. The molecule has 20 heavy (non-hydrogen) atoms. The Balaban J connectivity index is 1.83. The maximum absolute atomic E-state index is 13.4. The zero-order valence-corrected chi connectivity index (χ0v) is 11.9. The van der Waals surface area contributed by atoms with E-state index in [1.807, 2.05) is 0 Å². The van der Waals surface area contributed by atoms with Gasteiger partial charge in [-0.05, 0) is 30.4 Å². The second kappa shape index (κ2) is 7.02. The quantitative estimate of drug-likeness (QED) is 0.848. The normalized spacial score (nSPS) is 22.6. The molecule has 5 heteroatoms. The van der Waals surface area contributed by atoms with E-state index in [1.165, 1.54) is 6.07 Å². The Morgan fingerprint density at radius 1 is 1.30 bits per heavy atom. The summed E-state index contributed by atoms with van der Waals surface area (Å²) in [5, 5.41) is 2.89. The highest BCUT2D eigenvalue weighted by atomic mass is 35.5. The minimum atomic E-state index is -0.687. The number of halogens is 3. The maximum Gasteiger partial charge on any atom is 0.224 e. The Morgan fingerprint density at radius 3 is 2.75 bits per heavy atom. The Bertz CT molecular complexity index is 481. The molecule has 0 radical (unpaired) electrons. The lowest BCUT2D eigenvalue weighted by Gasteiger charge is -2.27. The van der Waals surface area contributed by atoms with Gasteiger partial charge in [0.15, 0.2) is 0 Å². The van der Waals surface area contributed by atoms with Crippen LogP contribution in [-0.4, -0.2) is 17.8 Å². The van der Waals surface area contributed by atoms with Gasteiger partial charge < -0.3 is 5.32 Å². The Labute approximate surface area is 122 Å². The molecule has 2 rings (SSSR count). The van der Waals surface area contributed by atoms with E-state index in [1.54, 1.807) is 0 Å². The summed E-state index contributed by atoms with van der Waals surface area (Å²) in [6, 6.07) is 3.25. The minimum absolute atomic E-state index is 0.0776. The van der Waals surface area contributed by atoms with Crippen LogP contribution in [0.25, 0.3) is 0 Å². The van der Waals surface area contributed by atoms with Gasteiger partial charge in [-0.25, -0.2) is 8.78 Å². The predicted molar refractivity (Wildman–Crippen MR) is 74.7 cm³/mol. The van der Waals surface area contributed by atoms with E-state index in [9.17, 15) is 13.6 Å². The molecule has 2 atom stereocenters. The van der Waals surface area contributed by atoms with Gasteiger partial charge >= 0.3 is 0 Å². The molecule has 0 spiro atoms. The first-order valence-corrected chi connectivity index (χ1v) is 7.34. The van der Waals surface area contributed by atoms with E-state index >= 15 is 0 Å². The van der Waals surface area contributed by atoms with E-state index < -0.39 is 11.6 Å². The SMILES string of the molecule is O=C(Cc1ccc(F)cc1F)NCC1CCCCC1Cl. The number of benzene rings is 1. The van der Waals surface area contributed by atoms with Crippen LogP contribution in [0.5, 0.6) is 0 Å². The molecule has 2 unspecified atom stereocenters. The van der Waals surface area contributed by atoms with Gasteiger partial charge in [0.25, 0.3) is 0 Å². The van der Waals surface area contributed by atoms with Crippen LogP contribution in [0.2, 0.25) is 0 Å². The van der Waals surface area contributed by atoms with E-state index in [-0.39, 0.29) is 29.2 Å². The van der Waals surface area contributed by atoms with E-state index in [0.29, 0.717) is 6.54 Å². The summed E-state index contributed by atoms with van der Waals surface area (Å²) < 4.78 is 26.2. The van der Waals surface area contributed by atoms with Crippen molar-refractivity contribution < 1.29 is 13.6 Å². The molecule has 0 saturated heterocycles. The van der Waals surface area contributed by atoms with Gasteiger partial charge in [-0.15, -0.1) is 11.6 Å². The molecule has 110 valence electrons. The molecular formula is C15H18ClF2NO. The van der Waals surface area contributed by atoms with E-state index in [4.69, 9.17) is 11.6 Å². The fourth-order valence-corrected chi connectivity index (χ4v) is 2.91. The topological polar surface area (TPSA) is 29.1 Å². The monoisotopic (exact) mass is 301 g/mol. The highest BCUT2D eigenvalue weighted by Crippen LogP contribution is 2.27. The molecule has 1 fully saturated rings. The molecule has 0 aliphatic heterocycles. The molecule has 1 aromatic carbocycles. The van der Waals surface area contributed by atoms with Crippen molar-refractivity contribution in [2.45, 2.75) is 37.5 Å². The maximum atomic E-state index is 13.4. The van der Waals surface area contributed by atoms with E-state index in [0.717, 1.165) is 37.8 Å². The van der Waals surface area contributed by atoms with Crippen molar-refractivity contribution in [3.8, 4) is 0 Å². The Morgan fingerprint density at radius 2 is 2.05 bits per heavy atom. The number of rotatable bonds is 4. The molecule has 1 N–H and O–H groups in total. The number of hydrogen-bond donors (Lipinski definition) is 1. The van der Waals surface area contributed by atoms with Crippen molar-refractivity contribution in [2.24, 2.45) is 5.92 Å². The van der Waals surface area contributed by atoms with Crippen molar-refractivity contribution in [3.05, 3.63) is 35.4 Å². The summed E-state index contributed by atoms with van der Waals surface area (Å²) in [5.74, 6) is -1.30. The third kappa shape index (κ3) is 4.17. The minimum Gasteiger partial charge on any atom is -0.355 e. The Hall–Kier alpha value is -1.16. The lowest BCUT2D eigenvalue weighted by atomic mass is 9.88. The smallest absolute Gasteiger partial charge is 0.224 e. The summed E-state index contributed by atoms with van der Waals surface area (Å²) in [7, 11) is 0. The van der Waals surface area contributed by atoms with Crippen LogP contribution < -0.4 is 5.32 Å². The largest absolute Gasteiger partial charge is 0.355 e. The second-order valence-electron chi connectivity index (χ2n) is 5.28. The first kappa shape index (κ1) is 15.2. The molecule has 0 aromatic heterocycles. The van der Waals surface area contributed by atoms with Gasteiger partial charge in [-0.1, -0.05) is 18.9 Å². The number of hydrogen-bond acceptors (Lipinski definition) is 1. The summed E-state index contributed by atoms with van der Waals surface area (Å²) in [6.07, 6.45) is 4.19. The molecule has 1 amide bonds. The molecule has 1 aliphatic rings. The lowest BCUT2D eigenvalue weighted by molar-refractivity contribution is -0.120. The van der Waals surface area contributed by atoms with Gasteiger partial charge in [-0.3, -0.25) is 4.79 Å². The Kier molecular flexibility index (Phi) is 5.35. The van der Waals surface area contributed by atoms with Crippen LogP contribution in [0.15, 0.2) is 18.2 Å². The molecule has 1 aliphatic carbocycles.